The number of alkyl halides is 3. The average Bonchev–Trinajstić information content (AvgIpc) is 2.35. The molecule has 1 aliphatic rings. The Balaban J connectivity index is 2.82. The van der Waals surface area contributed by atoms with Crippen LogP contribution < -0.4 is 5.73 Å². The number of aliphatic carboxylic acids is 1. The van der Waals surface area contributed by atoms with Gasteiger partial charge in [0.2, 0.25) is 5.91 Å². The highest BCUT2D eigenvalue weighted by molar-refractivity contribution is 5.83. The number of carbonyl (C=O) groups excluding carboxylic acids is 1. The van der Waals surface area contributed by atoms with Crippen LogP contribution in [0.1, 0.15) is 25.7 Å². The summed E-state index contributed by atoms with van der Waals surface area (Å²) < 4.78 is 37.4. The molecule has 1 amide bonds. The molecule has 116 valence electrons. The molecule has 5 nitrogen and oxygen atoms in total. The minimum absolute atomic E-state index is 0.166. The van der Waals surface area contributed by atoms with Crippen LogP contribution in [0.25, 0.3) is 0 Å². The molecule has 0 saturated heterocycles. The molecule has 0 aromatic rings. The van der Waals surface area contributed by atoms with Crippen LogP contribution >= 0.6 is 0 Å². The fourth-order valence-electron chi connectivity index (χ4n) is 2.64. The minimum Gasteiger partial charge on any atom is -0.480 e. The first kappa shape index (κ1) is 16.7. The van der Waals surface area contributed by atoms with Crippen molar-refractivity contribution >= 4 is 11.9 Å². The molecule has 1 aliphatic carbocycles. The van der Waals surface area contributed by atoms with E-state index in [9.17, 15) is 22.8 Å². The van der Waals surface area contributed by atoms with E-state index in [4.69, 9.17) is 10.8 Å². The zero-order valence-electron chi connectivity index (χ0n) is 11.0. The number of rotatable bonds is 5. The molecule has 8 heteroatoms. The van der Waals surface area contributed by atoms with Gasteiger partial charge in [0.1, 0.15) is 13.1 Å². The highest BCUT2D eigenvalue weighted by Gasteiger charge is 2.39. The number of hydrogen-bond acceptors (Lipinski definition) is 3. The van der Waals surface area contributed by atoms with Gasteiger partial charge in [0.15, 0.2) is 0 Å². The van der Waals surface area contributed by atoms with Crippen LogP contribution in [0, 0.1) is 11.8 Å². The van der Waals surface area contributed by atoms with E-state index in [1.807, 2.05) is 0 Å². The third kappa shape index (κ3) is 4.99. The average molecular weight is 296 g/mol. The summed E-state index contributed by atoms with van der Waals surface area (Å²) in [5.41, 5.74) is 5.55. The summed E-state index contributed by atoms with van der Waals surface area (Å²) in [4.78, 5) is 23.2. The van der Waals surface area contributed by atoms with Crippen molar-refractivity contribution in [2.45, 2.75) is 31.9 Å². The summed E-state index contributed by atoms with van der Waals surface area (Å²) in [5.74, 6) is -2.97. The van der Waals surface area contributed by atoms with Crippen LogP contribution in [-0.2, 0) is 9.59 Å². The lowest BCUT2D eigenvalue weighted by Gasteiger charge is -2.33. The second kappa shape index (κ2) is 6.92. The Morgan fingerprint density at radius 3 is 2.35 bits per heavy atom. The van der Waals surface area contributed by atoms with Crippen molar-refractivity contribution in [2.75, 3.05) is 19.6 Å². The first-order valence-corrected chi connectivity index (χ1v) is 6.52. The lowest BCUT2D eigenvalue weighted by Crippen LogP contribution is -2.47. The second-order valence-electron chi connectivity index (χ2n) is 5.09. The van der Waals surface area contributed by atoms with Crippen molar-refractivity contribution in [3.63, 3.8) is 0 Å². The Morgan fingerprint density at radius 2 is 1.85 bits per heavy atom. The van der Waals surface area contributed by atoms with E-state index in [-0.39, 0.29) is 12.5 Å². The SMILES string of the molecule is NCC1CCCCC1C(=O)N(CC(=O)O)CC(F)(F)F. The summed E-state index contributed by atoms with van der Waals surface area (Å²) >= 11 is 0. The lowest BCUT2D eigenvalue weighted by atomic mass is 9.78. The predicted octanol–water partition coefficient (Wildman–Crippen LogP) is 1.23. The Bertz CT molecular complexity index is 360. The molecule has 2 atom stereocenters. The van der Waals surface area contributed by atoms with Crippen molar-refractivity contribution in [3.8, 4) is 0 Å². The molecule has 0 heterocycles. The Hall–Kier alpha value is -1.31. The summed E-state index contributed by atoms with van der Waals surface area (Å²) in [6.07, 6.45) is -1.81. The zero-order valence-corrected chi connectivity index (χ0v) is 11.0. The number of carbonyl (C=O) groups is 2. The van der Waals surface area contributed by atoms with Gasteiger partial charge in [0.05, 0.1) is 0 Å². The van der Waals surface area contributed by atoms with E-state index >= 15 is 0 Å². The van der Waals surface area contributed by atoms with E-state index in [0.29, 0.717) is 17.7 Å². The van der Waals surface area contributed by atoms with E-state index in [1.54, 1.807) is 0 Å². The van der Waals surface area contributed by atoms with Gasteiger partial charge in [0.25, 0.3) is 0 Å². The normalized spacial score (nSPS) is 23.4. The molecule has 3 N–H and O–H groups in total. The molecule has 0 radical (unpaired) electrons. The van der Waals surface area contributed by atoms with Gasteiger partial charge >= 0.3 is 12.1 Å². The third-order valence-corrected chi connectivity index (χ3v) is 3.54. The number of carboxylic acid groups (broad SMARTS) is 1. The van der Waals surface area contributed by atoms with Crippen LogP contribution in [0.3, 0.4) is 0 Å². The molecular weight excluding hydrogens is 277 g/mol. The molecule has 0 aromatic carbocycles. The van der Waals surface area contributed by atoms with Gasteiger partial charge in [-0.3, -0.25) is 9.59 Å². The maximum absolute atomic E-state index is 12.5. The van der Waals surface area contributed by atoms with Crippen molar-refractivity contribution < 1.29 is 27.9 Å². The van der Waals surface area contributed by atoms with Crippen molar-refractivity contribution in [2.24, 2.45) is 17.6 Å². The number of carboxylic acids is 1. The summed E-state index contributed by atoms with van der Waals surface area (Å²) in [7, 11) is 0. The molecule has 0 aliphatic heterocycles. The number of amides is 1. The lowest BCUT2D eigenvalue weighted by molar-refractivity contribution is -0.169. The molecular formula is C12H19F3N2O3. The van der Waals surface area contributed by atoms with Crippen molar-refractivity contribution in [1.29, 1.82) is 0 Å². The largest absolute Gasteiger partial charge is 0.480 e. The molecule has 0 spiro atoms. The summed E-state index contributed by atoms with van der Waals surface area (Å²) in [6, 6.07) is 0. The number of halogens is 3. The monoisotopic (exact) mass is 296 g/mol. The maximum atomic E-state index is 12.5. The van der Waals surface area contributed by atoms with Gasteiger partial charge in [-0.15, -0.1) is 0 Å². The fraction of sp³-hybridized carbons (Fsp3) is 0.833. The van der Waals surface area contributed by atoms with E-state index < -0.39 is 37.1 Å². The topological polar surface area (TPSA) is 83.6 Å². The van der Waals surface area contributed by atoms with Crippen LogP contribution in [0.15, 0.2) is 0 Å². The van der Waals surface area contributed by atoms with Crippen molar-refractivity contribution in [1.82, 2.24) is 4.90 Å². The van der Waals surface area contributed by atoms with Gasteiger partial charge in [-0.2, -0.15) is 13.2 Å². The molecule has 1 fully saturated rings. The second-order valence-corrected chi connectivity index (χ2v) is 5.09. The number of nitrogens with two attached hydrogens (primary N) is 1. The van der Waals surface area contributed by atoms with Gasteiger partial charge in [-0.1, -0.05) is 12.8 Å². The molecule has 1 rings (SSSR count). The standard InChI is InChI=1S/C12H19F3N2O3/c13-12(14,15)7-17(6-10(18)19)11(20)9-4-2-1-3-8(9)5-16/h8-9H,1-7,16H2,(H,18,19). The Labute approximate surface area is 114 Å². The van der Waals surface area contributed by atoms with Crippen LogP contribution in [0.4, 0.5) is 13.2 Å². The molecule has 1 saturated carbocycles. The van der Waals surface area contributed by atoms with Crippen LogP contribution in [0.5, 0.6) is 0 Å². The molecule has 2 unspecified atom stereocenters. The Kier molecular flexibility index (Phi) is 5.79. The minimum atomic E-state index is -4.61. The number of nitrogens with zero attached hydrogens (tertiary/aromatic N) is 1. The Morgan fingerprint density at radius 1 is 1.25 bits per heavy atom. The smallest absolute Gasteiger partial charge is 0.406 e. The first-order chi connectivity index (χ1) is 9.24. The van der Waals surface area contributed by atoms with Crippen LogP contribution in [-0.4, -0.2) is 47.7 Å². The molecule has 0 aromatic heterocycles. The van der Waals surface area contributed by atoms with Crippen molar-refractivity contribution in [3.05, 3.63) is 0 Å². The summed E-state index contributed by atoms with van der Waals surface area (Å²) in [6.45, 7) is -2.25. The highest BCUT2D eigenvalue weighted by atomic mass is 19.4. The predicted molar refractivity (Wildman–Crippen MR) is 64.8 cm³/mol. The molecule has 0 bridgehead atoms. The fourth-order valence-corrected chi connectivity index (χ4v) is 2.64. The highest BCUT2D eigenvalue weighted by Crippen LogP contribution is 2.31. The molecule has 20 heavy (non-hydrogen) atoms. The summed E-state index contributed by atoms with van der Waals surface area (Å²) in [5, 5.41) is 8.67. The van der Waals surface area contributed by atoms with E-state index in [1.165, 1.54) is 0 Å². The maximum Gasteiger partial charge on any atom is 0.406 e. The first-order valence-electron chi connectivity index (χ1n) is 6.52. The quantitative estimate of drug-likeness (QED) is 0.799. The zero-order chi connectivity index (χ0) is 15.3. The van der Waals surface area contributed by atoms with Gasteiger partial charge in [-0.25, -0.2) is 0 Å². The van der Waals surface area contributed by atoms with Gasteiger partial charge < -0.3 is 15.7 Å². The third-order valence-electron chi connectivity index (χ3n) is 3.54. The van der Waals surface area contributed by atoms with Gasteiger partial charge in [-0.05, 0) is 25.3 Å². The van der Waals surface area contributed by atoms with Gasteiger partial charge in [0, 0.05) is 5.92 Å². The van der Waals surface area contributed by atoms with Crippen LogP contribution in [0.2, 0.25) is 0 Å². The number of hydrogen-bond donors (Lipinski definition) is 2. The van der Waals surface area contributed by atoms with E-state index in [0.717, 1.165) is 12.8 Å². The van der Waals surface area contributed by atoms with E-state index in [2.05, 4.69) is 0 Å².